The van der Waals surface area contributed by atoms with E-state index in [9.17, 15) is 9.59 Å². The minimum absolute atomic E-state index is 0.0125. The number of primary amides is 1. The van der Waals surface area contributed by atoms with Crippen LogP contribution in [0.5, 0.6) is 0 Å². The number of rotatable bonds is 6. The molecular formula is C7H15N3O2S. The summed E-state index contributed by atoms with van der Waals surface area (Å²) in [6, 6.07) is 0. The molecular weight excluding hydrogens is 190 g/mol. The second-order valence-corrected chi connectivity index (χ2v) is 3.34. The van der Waals surface area contributed by atoms with Gasteiger partial charge < -0.3 is 16.0 Å². The first kappa shape index (κ1) is 12.2. The Hall–Kier alpha value is -0.750. The third-order valence-electron chi connectivity index (χ3n) is 1.31. The van der Waals surface area contributed by atoms with Gasteiger partial charge in [-0.05, 0) is 13.3 Å². The second kappa shape index (κ2) is 6.73. The number of thioether (sulfide) groups is 1. The molecule has 0 aromatic heterocycles. The number of carbonyl (C=O) groups excluding carboxylic acids is 2. The molecule has 0 aliphatic carbocycles. The highest BCUT2D eigenvalue weighted by atomic mass is 32.2. The van der Waals surface area contributed by atoms with Crippen LogP contribution in [0.25, 0.3) is 0 Å². The van der Waals surface area contributed by atoms with E-state index in [0.717, 1.165) is 0 Å². The average Bonchev–Trinajstić information content (AvgIpc) is 2.03. The number of nitrogens with one attached hydrogen (secondary N) is 1. The predicted octanol–water partition coefficient (Wildman–Crippen LogP) is -1.16. The number of nitrogens with two attached hydrogens (primary N) is 1. The standard InChI is InChI=1S/C7H15N3O2S/c1-9-3-7(12)10(5-13-2)4-6(8)11/h9H,3-5H2,1-2H3,(H2,8,11). The van der Waals surface area contributed by atoms with Gasteiger partial charge in [0.25, 0.3) is 0 Å². The zero-order chi connectivity index (χ0) is 10.3. The summed E-state index contributed by atoms with van der Waals surface area (Å²) in [5, 5.41) is 2.73. The van der Waals surface area contributed by atoms with E-state index in [1.54, 1.807) is 7.05 Å². The van der Waals surface area contributed by atoms with Crippen LogP contribution in [0, 0.1) is 0 Å². The van der Waals surface area contributed by atoms with Crippen molar-refractivity contribution in [2.75, 3.05) is 32.3 Å². The molecule has 5 nitrogen and oxygen atoms in total. The number of nitrogens with zero attached hydrogens (tertiary/aromatic N) is 1. The van der Waals surface area contributed by atoms with E-state index in [1.165, 1.54) is 16.7 Å². The summed E-state index contributed by atoms with van der Waals surface area (Å²) in [5.41, 5.74) is 5.00. The van der Waals surface area contributed by atoms with Gasteiger partial charge in [0, 0.05) is 0 Å². The Balaban J connectivity index is 4.06. The summed E-state index contributed by atoms with van der Waals surface area (Å²) in [4.78, 5) is 23.3. The normalized spacial score (nSPS) is 9.69. The lowest BCUT2D eigenvalue weighted by molar-refractivity contribution is -0.133. The second-order valence-electron chi connectivity index (χ2n) is 2.51. The Morgan fingerprint density at radius 2 is 2.15 bits per heavy atom. The van der Waals surface area contributed by atoms with Gasteiger partial charge in [0.2, 0.25) is 11.8 Å². The van der Waals surface area contributed by atoms with Crippen molar-refractivity contribution in [1.82, 2.24) is 10.2 Å². The third-order valence-corrected chi connectivity index (χ3v) is 1.88. The molecule has 2 amide bonds. The first-order valence-electron chi connectivity index (χ1n) is 3.81. The molecule has 0 rings (SSSR count). The SMILES string of the molecule is CNCC(=O)N(CSC)CC(N)=O. The quantitative estimate of drug-likeness (QED) is 0.536. The minimum atomic E-state index is -0.487. The van der Waals surface area contributed by atoms with E-state index < -0.39 is 5.91 Å². The van der Waals surface area contributed by atoms with Crippen LogP contribution in [-0.4, -0.2) is 49.0 Å². The summed E-state index contributed by atoms with van der Waals surface area (Å²) >= 11 is 1.48. The van der Waals surface area contributed by atoms with Crippen molar-refractivity contribution in [3.63, 3.8) is 0 Å². The van der Waals surface area contributed by atoms with Crippen LogP contribution >= 0.6 is 11.8 Å². The van der Waals surface area contributed by atoms with Crippen LogP contribution in [-0.2, 0) is 9.59 Å². The largest absolute Gasteiger partial charge is 0.368 e. The molecule has 0 unspecified atom stereocenters. The van der Waals surface area contributed by atoms with Gasteiger partial charge in [0.15, 0.2) is 0 Å². The Bertz CT molecular complexity index is 187. The van der Waals surface area contributed by atoms with Gasteiger partial charge in [0.05, 0.1) is 12.4 Å². The van der Waals surface area contributed by atoms with Crippen LogP contribution < -0.4 is 11.1 Å². The first-order valence-corrected chi connectivity index (χ1v) is 5.20. The molecule has 3 N–H and O–H groups in total. The fraction of sp³-hybridized carbons (Fsp3) is 0.714. The molecule has 0 aliphatic heterocycles. The molecule has 76 valence electrons. The molecule has 0 aromatic carbocycles. The predicted molar refractivity (Wildman–Crippen MR) is 53.2 cm³/mol. The molecule has 0 heterocycles. The van der Waals surface area contributed by atoms with E-state index in [1.807, 2.05) is 6.26 Å². The zero-order valence-corrected chi connectivity index (χ0v) is 8.69. The summed E-state index contributed by atoms with van der Waals surface area (Å²) in [6.45, 7) is 0.217. The number of likely N-dealkylation sites (N-methyl/N-ethyl adjacent to an activating group) is 1. The third kappa shape index (κ3) is 5.48. The lowest BCUT2D eigenvalue weighted by atomic mass is 10.4. The molecule has 0 radical (unpaired) electrons. The smallest absolute Gasteiger partial charge is 0.237 e. The molecule has 0 saturated heterocycles. The van der Waals surface area contributed by atoms with Gasteiger partial charge in [-0.1, -0.05) is 0 Å². The molecule has 0 bridgehead atoms. The fourth-order valence-corrected chi connectivity index (χ4v) is 1.36. The molecule has 13 heavy (non-hydrogen) atoms. The molecule has 0 spiro atoms. The summed E-state index contributed by atoms with van der Waals surface area (Å²) < 4.78 is 0. The monoisotopic (exact) mass is 205 g/mol. The Morgan fingerprint density at radius 3 is 2.54 bits per heavy atom. The lowest BCUT2D eigenvalue weighted by Crippen LogP contribution is -2.41. The highest BCUT2D eigenvalue weighted by Gasteiger charge is 2.13. The van der Waals surface area contributed by atoms with Gasteiger partial charge in [-0.25, -0.2) is 0 Å². The molecule has 0 fully saturated rings. The van der Waals surface area contributed by atoms with Gasteiger partial charge in [0.1, 0.15) is 6.54 Å². The van der Waals surface area contributed by atoms with E-state index in [2.05, 4.69) is 5.32 Å². The lowest BCUT2D eigenvalue weighted by Gasteiger charge is -2.19. The summed E-state index contributed by atoms with van der Waals surface area (Å²) in [5.74, 6) is -0.113. The maximum absolute atomic E-state index is 11.3. The maximum atomic E-state index is 11.3. The van der Waals surface area contributed by atoms with E-state index >= 15 is 0 Å². The van der Waals surface area contributed by atoms with E-state index in [-0.39, 0.29) is 19.0 Å². The van der Waals surface area contributed by atoms with Crippen LogP contribution in [0.3, 0.4) is 0 Å². The summed E-state index contributed by atoms with van der Waals surface area (Å²) in [6.07, 6.45) is 1.86. The maximum Gasteiger partial charge on any atom is 0.237 e. The Kier molecular flexibility index (Phi) is 6.34. The molecule has 0 aliphatic rings. The van der Waals surface area contributed by atoms with Crippen LogP contribution in [0.1, 0.15) is 0 Å². The average molecular weight is 205 g/mol. The number of amides is 2. The molecule has 0 aromatic rings. The van der Waals surface area contributed by atoms with E-state index in [4.69, 9.17) is 5.73 Å². The van der Waals surface area contributed by atoms with Crippen LogP contribution in [0.4, 0.5) is 0 Å². The highest BCUT2D eigenvalue weighted by Crippen LogP contribution is 1.98. The number of hydrogen-bond donors (Lipinski definition) is 2. The van der Waals surface area contributed by atoms with Gasteiger partial charge in [-0.3, -0.25) is 9.59 Å². The van der Waals surface area contributed by atoms with Gasteiger partial charge in [-0.2, -0.15) is 0 Å². The molecule has 0 saturated carbocycles. The van der Waals surface area contributed by atoms with E-state index in [0.29, 0.717) is 5.88 Å². The summed E-state index contributed by atoms with van der Waals surface area (Å²) in [7, 11) is 1.68. The highest BCUT2D eigenvalue weighted by molar-refractivity contribution is 7.98. The Labute approximate surface area is 82.0 Å². The zero-order valence-electron chi connectivity index (χ0n) is 7.87. The van der Waals surface area contributed by atoms with Crippen molar-refractivity contribution in [2.24, 2.45) is 5.73 Å². The first-order chi connectivity index (χ1) is 6.11. The van der Waals surface area contributed by atoms with Crippen molar-refractivity contribution in [3.05, 3.63) is 0 Å². The number of carbonyl (C=O) groups is 2. The number of hydrogen-bond acceptors (Lipinski definition) is 4. The van der Waals surface area contributed by atoms with Crippen molar-refractivity contribution in [3.8, 4) is 0 Å². The van der Waals surface area contributed by atoms with Crippen molar-refractivity contribution < 1.29 is 9.59 Å². The van der Waals surface area contributed by atoms with Crippen LogP contribution in [0.15, 0.2) is 0 Å². The van der Waals surface area contributed by atoms with Crippen LogP contribution in [0.2, 0.25) is 0 Å². The van der Waals surface area contributed by atoms with Crippen molar-refractivity contribution >= 4 is 23.6 Å². The molecule has 0 atom stereocenters. The topological polar surface area (TPSA) is 75.4 Å². The molecule has 6 heteroatoms. The fourth-order valence-electron chi connectivity index (χ4n) is 0.813. The Morgan fingerprint density at radius 1 is 1.54 bits per heavy atom. The van der Waals surface area contributed by atoms with Crippen molar-refractivity contribution in [2.45, 2.75) is 0 Å². The van der Waals surface area contributed by atoms with Gasteiger partial charge in [-0.15, -0.1) is 11.8 Å². The van der Waals surface area contributed by atoms with Gasteiger partial charge >= 0.3 is 0 Å². The van der Waals surface area contributed by atoms with Crippen molar-refractivity contribution in [1.29, 1.82) is 0 Å². The minimum Gasteiger partial charge on any atom is -0.368 e.